The van der Waals surface area contributed by atoms with E-state index in [9.17, 15) is 22.8 Å². The highest BCUT2D eigenvalue weighted by Crippen LogP contribution is 2.29. The molecule has 0 spiro atoms. The molecule has 174 valence electrons. The first-order valence-electron chi connectivity index (χ1n) is 9.53. The summed E-state index contributed by atoms with van der Waals surface area (Å²) in [5, 5.41) is 12.9. The normalized spacial score (nSPS) is 16.9. The Kier molecular flexibility index (Phi) is 6.34. The summed E-state index contributed by atoms with van der Waals surface area (Å²) in [6.45, 7) is 5.33. The molecule has 1 aliphatic rings. The van der Waals surface area contributed by atoms with Crippen molar-refractivity contribution in [1.29, 1.82) is 0 Å². The topological polar surface area (TPSA) is 124 Å². The van der Waals surface area contributed by atoms with Gasteiger partial charge < -0.3 is 9.47 Å². The highest BCUT2D eigenvalue weighted by atomic mass is 19.4. The van der Waals surface area contributed by atoms with E-state index in [1.54, 1.807) is 0 Å². The van der Waals surface area contributed by atoms with Crippen LogP contribution in [0, 0.1) is 0 Å². The van der Waals surface area contributed by atoms with Crippen LogP contribution in [0.1, 0.15) is 42.5 Å². The van der Waals surface area contributed by atoms with Gasteiger partial charge in [-0.3, -0.25) is 15.0 Å². The number of ether oxygens (including phenoxy) is 2. The Morgan fingerprint density at radius 1 is 1.31 bits per heavy atom. The lowest BCUT2D eigenvalue weighted by Gasteiger charge is -2.29. The molecule has 3 rings (SSSR count). The van der Waals surface area contributed by atoms with Crippen molar-refractivity contribution in [2.45, 2.75) is 45.2 Å². The predicted octanol–water partition coefficient (Wildman–Crippen LogP) is 2.01. The molecule has 0 aliphatic carbocycles. The van der Waals surface area contributed by atoms with E-state index < -0.39 is 42.1 Å². The van der Waals surface area contributed by atoms with Crippen LogP contribution in [0.4, 0.5) is 23.9 Å². The highest BCUT2D eigenvalue weighted by molar-refractivity contribution is 6.04. The zero-order valence-electron chi connectivity index (χ0n) is 17.8. The lowest BCUT2D eigenvalue weighted by molar-refractivity contribution is -0.141. The number of aromatic nitrogens is 5. The van der Waals surface area contributed by atoms with Crippen LogP contribution in [-0.4, -0.2) is 66.9 Å². The summed E-state index contributed by atoms with van der Waals surface area (Å²) in [4.78, 5) is 29.7. The van der Waals surface area contributed by atoms with Gasteiger partial charge in [-0.05, 0) is 43.3 Å². The summed E-state index contributed by atoms with van der Waals surface area (Å²) in [6.07, 6.45) is -5.80. The van der Waals surface area contributed by atoms with Crippen LogP contribution in [-0.2, 0) is 29.3 Å². The minimum atomic E-state index is -4.70. The van der Waals surface area contributed by atoms with Gasteiger partial charge in [-0.15, -0.1) is 0 Å². The van der Waals surface area contributed by atoms with Crippen molar-refractivity contribution in [2.75, 3.05) is 18.5 Å². The van der Waals surface area contributed by atoms with Crippen LogP contribution < -0.4 is 5.32 Å². The van der Waals surface area contributed by atoms with Gasteiger partial charge in [0.15, 0.2) is 0 Å². The second kappa shape index (κ2) is 8.68. The minimum absolute atomic E-state index is 0.00176. The minimum Gasteiger partial charge on any atom is -0.442 e. The number of cyclic esters (lactones) is 1. The Morgan fingerprint density at radius 3 is 2.59 bits per heavy atom. The molecule has 2 aromatic heterocycles. The lowest BCUT2D eigenvalue weighted by Crippen LogP contribution is -2.42. The summed E-state index contributed by atoms with van der Waals surface area (Å²) in [6, 6.07) is 1.71. The average molecular weight is 457 g/mol. The van der Waals surface area contributed by atoms with Crippen LogP contribution in [0.25, 0.3) is 0 Å². The third kappa shape index (κ3) is 5.30. The van der Waals surface area contributed by atoms with Crippen molar-refractivity contribution in [3.63, 3.8) is 0 Å². The van der Waals surface area contributed by atoms with Gasteiger partial charge in [0.25, 0.3) is 5.91 Å². The van der Waals surface area contributed by atoms with Gasteiger partial charge in [0, 0.05) is 12.6 Å². The van der Waals surface area contributed by atoms with Crippen LogP contribution in [0.2, 0.25) is 0 Å². The van der Waals surface area contributed by atoms with Crippen molar-refractivity contribution in [2.24, 2.45) is 7.05 Å². The third-order valence-electron chi connectivity index (χ3n) is 4.58. The number of tetrazole rings is 1. The Labute approximate surface area is 180 Å². The van der Waals surface area contributed by atoms with E-state index in [-0.39, 0.29) is 30.4 Å². The summed E-state index contributed by atoms with van der Waals surface area (Å²) in [5.41, 5.74) is -1.99. The van der Waals surface area contributed by atoms with Gasteiger partial charge >= 0.3 is 12.3 Å². The fourth-order valence-electron chi connectivity index (χ4n) is 2.92. The molecule has 32 heavy (non-hydrogen) atoms. The van der Waals surface area contributed by atoms with Crippen molar-refractivity contribution < 1.29 is 32.2 Å². The van der Waals surface area contributed by atoms with Crippen LogP contribution >= 0.6 is 0 Å². The van der Waals surface area contributed by atoms with Crippen LogP contribution in [0.5, 0.6) is 0 Å². The molecule has 1 fully saturated rings. The molecule has 0 aromatic carbocycles. The number of hydrogen-bond acceptors (Lipinski definition) is 8. The Bertz CT molecular complexity index is 1000. The number of rotatable bonds is 6. The average Bonchev–Trinajstić information content (AvgIpc) is 3.26. The first-order valence-corrected chi connectivity index (χ1v) is 9.53. The van der Waals surface area contributed by atoms with E-state index in [1.165, 1.54) is 16.6 Å². The Hall–Kier alpha value is -3.29. The van der Waals surface area contributed by atoms with Gasteiger partial charge in [-0.1, -0.05) is 5.10 Å². The molecule has 0 bridgehead atoms. The van der Waals surface area contributed by atoms with Gasteiger partial charge in [0.2, 0.25) is 5.95 Å². The molecule has 1 atom stereocenters. The number of nitrogens with one attached hydrogen (secondary N) is 1. The first kappa shape index (κ1) is 23.4. The second-order valence-corrected chi connectivity index (χ2v) is 8.07. The van der Waals surface area contributed by atoms with E-state index in [0.717, 1.165) is 6.07 Å². The number of anilines is 1. The number of hydrogen-bond donors (Lipinski definition) is 1. The molecular weight excluding hydrogens is 435 g/mol. The maximum absolute atomic E-state index is 13.1. The largest absolute Gasteiger partial charge is 0.442 e. The fourth-order valence-corrected chi connectivity index (χ4v) is 2.92. The Morgan fingerprint density at radius 2 is 2.03 bits per heavy atom. The third-order valence-corrected chi connectivity index (χ3v) is 4.58. The van der Waals surface area contributed by atoms with Crippen molar-refractivity contribution in [3.8, 4) is 0 Å². The lowest BCUT2D eigenvalue weighted by atomic mass is 10.1. The predicted molar refractivity (Wildman–Crippen MR) is 102 cm³/mol. The van der Waals surface area contributed by atoms with E-state index in [4.69, 9.17) is 9.47 Å². The van der Waals surface area contributed by atoms with E-state index >= 15 is 0 Å². The zero-order chi connectivity index (χ0) is 23.7. The van der Waals surface area contributed by atoms with Crippen molar-refractivity contribution in [1.82, 2.24) is 30.1 Å². The van der Waals surface area contributed by atoms with Crippen molar-refractivity contribution in [3.05, 3.63) is 29.1 Å². The fraction of sp³-hybridized carbons (Fsp3) is 0.556. The number of alkyl halides is 3. The summed E-state index contributed by atoms with van der Waals surface area (Å²) in [7, 11) is 1.48. The summed E-state index contributed by atoms with van der Waals surface area (Å²) < 4.78 is 51.3. The molecule has 11 nitrogen and oxygen atoms in total. The molecular formula is C18H22F3N7O4. The molecule has 3 heterocycles. The Balaban J connectivity index is 1.73. The van der Waals surface area contributed by atoms with Gasteiger partial charge in [0.05, 0.1) is 31.0 Å². The molecule has 0 unspecified atom stereocenters. The molecule has 2 aromatic rings. The summed E-state index contributed by atoms with van der Waals surface area (Å²) in [5.74, 6) is -0.754. The molecule has 14 heteroatoms. The number of pyridine rings is 1. The molecule has 0 saturated carbocycles. The highest BCUT2D eigenvalue weighted by Gasteiger charge is 2.38. The van der Waals surface area contributed by atoms with E-state index in [0.29, 0.717) is 6.07 Å². The van der Waals surface area contributed by atoms with Gasteiger partial charge in [-0.2, -0.15) is 13.2 Å². The molecule has 1 aliphatic heterocycles. The number of amides is 2. The molecule has 1 saturated heterocycles. The maximum atomic E-state index is 13.1. The number of carbonyl (C=O) groups is 2. The standard InChI is InChI=1S/C18H22F3N7O4/c1-17(2,3)28-7-10(32-16(28)30)8-31-9-12-11(5-6-13(22-12)18(19,20)21)14(29)23-15-24-25-26-27(15)4/h5-6,10H,7-9H2,1-4H3,(H,23,24,26,29)/t10-/m0/s1. The zero-order valence-corrected chi connectivity index (χ0v) is 17.8. The molecule has 0 radical (unpaired) electrons. The van der Waals surface area contributed by atoms with E-state index in [2.05, 4.69) is 25.8 Å². The number of halogens is 3. The smallest absolute Gasteiger partial charge is 0.433 e. The molecule has 2 amide bonds. The van der Waals surface area contributed by atoms with E-state index in [1.807, 2.05) is 20.8 Å². The van der Waals surface area contributed by atoms with Crippen molar-refractivity contribution >= 4 is 17.9 Å². The van der Waals surface area contributed by atoms with Gasteiger partial charge in [-0.25, -0.2) is 14.5 Å². The molecule has 1 N–H and O–H groups in total. The van der Waals surface area contributed by atoms with Gasteiger partial charge in [0.1, 0.15) is 11.8 Å². The SMILES string of the molecule is Cn1nnnc1NC(=O)c1ccc(C(F)(F)F)nc1COC[C@@H]1CN(C(C)(C)C)C(=O)O1. The van der Waals surface area contributed by atoms with Crippen LogP contribution in [0.15, 0.2) is 12.1 Å². The quantitative estimate of drug-likeness (QED) is 0.699. The number of aryl methyl sites for hydroxylation is 1. The van der Waals surface area contributed by atoms with Crippen LogP contribution in [0.3, 0.4) is 0 Å². The second-order valence-electron chi connectivity index (χ2n) is 8.07. The monoisotopic (exact) mass is 457 g/mol. The number of nitrogens with zero attached hydrogens (tertiary/aromatic N) is 6. The number of carbonyl (C=O) groups excluding carboxylic acids is 2. The summed E-state index contributed by atoms with van der Waals surface area (Å²) >= 11 is 0. The maximum Gasteiger partial charge on any atom is 0.433 e. The first-order chi connectivity index (χ1) is 14.9.